The number of benzene rings is 1. The number of nitrogens with one attached hydrogen (secondary N) is 1. The minimum absolute atomic E-state index is 0.118. The molecule has 0 fully saturated rings. The molecule has 0 spiro atoms. The first kappa shape index (κ1) is 25.0. The van der Waals surface area contributed by atoms with Crippen LogP contribution in [0.1, 0.15) is 45.1 Å². The standard InChI is InChI=1S/C26H39NO4/c1-20(2)26(22(14-18-28)12-13-24(30-4)25(26)31-5)15-8-17-27-16-7-10-21-9-6-11-23(19-21)29-3/h6,9,11-13,18-20,22,27H,7-8,10,14-17H2,1-5H3. The summed E-state index contributed by atoms with van der Waals surface area (Å²) in [6, 6.07) is 8.26. The fraction of sp³-hybridized carbons (Fsp3) is 0.577. The molecule has 1 aliphatic rings. The Morgan fingerprint density at radius 1 is 1.10 bits per heavy atom. The van der Waals surface area contributed by atoms with Crippen LogP contribution in [0, 0.1) is 17.3 Å². The number of aldehydes is 1. The van der Waals surface area contributed by atoms with E-state index >= 15 is 0 Å². The second-order valence-corrected chi connectivity index (χ2v) is 8.47. The van der Waals surface area contributed by atoms with Gasteiger partial charge in [-0.3, -0.25) is 0 Å². The van der Waals surface area contributed by atoms with Crippen molar-refractivity contribution in [2.75, 3.05) is 34.4 Å². The van der Waals surface area contributed by atoms with Gasteiger partial charge in [0.05, 0.1) is 21.3 Å². The average Bonchev–Trinajstić information content (AvgIpc) is 2.78. The van der Waals surface area contributed by atoms with Gasteiger partial charge in [-0.2, -0.15) is 0 Å². The number of hydrogen-bond donors (Lipinski definition) is 1. The van der Waals surface area contributed by atoms with Crippen LogP contribution in [0.5, 0.6) is 5.75 Å². The third-order valence-corrected chi connectivity index (χ3v) is 6.49. The quantitative estimate of drug-likeness (QED) is 0.336. The largest absolute Gasteiger partial charge is 0.497 e. The lowest BCUT2D eigenvalue weighted by Crippen LogP contribution is -2.41. The van der Waals surface area contributed by atoms with E-state index in [2.05, 4.69) is 37.4 Å². The van der Waals surface area contributed by atoms with Gasteiger partial charge in [0.1, 0.15) is 17.8 Å². The van der Waals surface area contributed by atoms with Crippen molar-refractivity contribution in [2.45, 2.75) is 46.0 Å². The monoisotopic (exact) mass is 429 g/mol. The number of hydrogen-bond acceptors (Lipinski definition) is 5. The maximum Gasteiger partial charge on any atom is 0.156 e. The maximum absolute atomic E-state index is 11.4. The lowest BCUT2D eigenvalue weighted by atomic mass is 9.61. The molecule has 0 saturated carbocycles. The van der Waals surface area contributed by atoms with Crippen LogP contribution in [0.15, 0.2) is 47.9 Å². The predicted molar refractivity (Wildman–Crippen MR) is 125 cm³/mol. The van der Waals surface area contributed by atoms with Gasteiger partial charge >= 0.3 is 0 Å². The van der Waals surface area contributed by atoms with E-state index in [0.29, 0.717) is 12.3 Å². The van der Waals surface area contributed by atoms with Gasteiger partial charge < -0.3 is 24.3 Å². The molecule has 31 heavy (non-hydrogen) atoms. The van der Waals surface area contributed by atoms with Crippen molar-refractivity contribution < 1.29 is 19.0 Å². The molecule has 0 heterocycles. The summed E-state index contributed by atoms with van der Waals surface area (Å²) in [5, 5.41) is 3.58. The molecular weight excluding hydrogens is 390 g/mol. The van der Waals surface area contributed by atoms with Crippen molar-refractivity contribution in [2.24, 2.45) is 17.3 Å². The normalized spacial score (nSPS) is 20.8. The van der Waals surface area contributed by atoms with Gasteiger partial charge in [0.15, 0.2) is 5.76 Å². The number of carbonyl (C=O) groups excluding carboxylic acids is 1. The highest BCUT2D eigenvalue weighted by Gasteiger charge is 2.47. The van der Waals surface area contributed by atoms with Crippen LogP contribution in [0.3, 0.4) is 0 Å². The first-order valence-electron chi connectivity index (χ1n) is 11.3. The minimum atomic E-state index is -0.238. The Morgan fingerprint density at radius 3 is 2.52 bits per heavy atom. The molecule has 1 aromatic carbocycles. The Labute approximate surface area is 187 Å². The van der Waals surface area contributed by atoms with E-state index in [4.69, 9.17) is 14.2 Å². The molecule has 0 radical (unpaired) electrons. The molecule has 1 N–H and O–H groups in total. The van der Waals surface area contributed by atoms with Crippen molar-refractivity contribution in [1.82, 2.24) is 5.32 Å². The summed E-state index contributed by atoms with van der Waals surface area (Å²) < 4.78 is 16.8. The molecular formula is C26H39NO4. The van der Waals surface area contributed by atoms with Crippen LogP contribution in [0.2, 0.25) is 0 Å². The number of aryl methyl sites for hydroxylation is 1. The fourth-order valence-corrected chi connectivity index (χ4v) is 4.85. The van der Waals surface area contributed by atoms with Crippen LogP contribution in [0.4, 0.5) is 0 Å². The first-order valence-corrected chi connectivity index (χ1v) is 11.3. The third kappa shape index (κ3) is 6.13. The molecule has 2 rings (SSSR count). The highest BCUT2D eigenvalue weighted by molar-refractivity contribution is 5.52. The molecule has 5 nitrogen and oxygen atoms in total. The van der Waals surface area contributed by atoms with Crippen molar-refractivity contribution in [3.8, 4) is 5.75 Å². The zero-order valence-corrected chi connectivity index (χ0v) is 19.8. The highest BCUT2D eigenvalue weighted by atomic mass is 16.5. The third-order valence-electron chi connectivity index (χ3n) is 6.49. The molecule has 5 heteroatoms. The van der Waals surface area contributed by atoms with Crippen molar-refractivity contribution >= 4 is 6.29 Å². The Morgan fingerprint density at radius 2 is 1.87 bits per heavy atom. The Kier molecular flexibility index (Phi) is 10.1. The SMILES string of the molecule is COC1=C(OC)C(CCCNCCCc2cccc(OC)c2)(C(C)C)C(CC=O)C=C1. The number of methoxy groups -OCH3 is 3. The van der Waals surface area contributed by atoms with Crippen molar-refractivity contribution in [1.29, 1.82) is 0 Å². The first-order chi connectivity index (χ1) is 15.0. The summed E-state index contributed by atoms with van der Waals surface area (Å²) >= 11 is 0. The van der Waals surface area contributed by atoms with Crippen molar-refractivity contribution in [3.05, 3.63) is 53.5 Å². The van der Waals surface area contributed by atoms with Crippen LogP contribution in [-0.4, -0.2) is 40.7 Å². The second kappa shape index (κ2) is 12.6. The summed E-state index contributed by atoms with van der Waals surface area (Å²) in [5.74, 6) is 2.98. The van der Waals surface area contributed by atoms with Gasteiger partial charge in [0.2, 0.25) is 0 Å². The maximum atomic E-state index is 11.4. The van der Waals surface area contributed by atoms with Gasteiger partial charge in [-0.25, -0.2) is 0 Å². The van der Waals surface area contributed by atoms with Gasteiger partial charge in [0.25, 0.3) is 0 Å². The van der Waals surface area contributed by atoms with Gasteiger partial charge in [-0.15, -0.1) is 0 Å². The van der Waals surface area contributed by atoms with Crippen LogP contribution < -0.4 is 10.1 Å². The Balaban J connectivity index is 1.92. The minimum Gasteiger partial charge on any atom is -0.497 e. The van der Waals surface area contributed by atoms with Crippen LogP contribution in [-0.2, 0) is 20.7 Å². The summed E-state index contributed by atoms with van der Waals surface area (Å²) in [5.41, 5.74) is 1.06. The molecule has 0 aromatic heterocycles. The van der Waals surface area contributed by atoms with E-state index in [9.17, 15) is 4.79 Å². The number of carbonyl (C=O) groups is 1. The van der Waals surface area contributed by atoms with Crippen LogP contribution >= 0.6 is 0 Å². The summed E-state index contributed by atoms with van der Waals surface area (Å²) in [7, 11) is 5.08. The molecule has 0 saturated heterocycles. The smallest absolute Gasteiger partial charge is 0.156 e. The zero-order chi connectivity index (χ0) is 22.7. The Hall–Kier alpha value is -2.27. The highest BCUT2D eigenvalue weighted by Crippen LogP contribution is 2.52. The predicted octanol–water partition coefficient (Wildman–Crippen LogP) is 4.92. The molecule has 172 valence electrons. The molecule has 2 unspecified atom stereocenters. The molecule has 1 aliphatic carbocycles. The molecule has 1 aromatic rings. The lowest BCUT2D eigenvalue weighted by Gasteiger charge is -2.45. The van der Waals surface area contributed by atoms with E-state index in [1.165, 1.54) is 5.56 Å². The summed E-state index contributed by atoms with van der Waals surface area (Å²) in [6.45, 7) is 6.33. The molecule has 0 amide bonds. The number of allylic oxidation sites excluding steroid dienone is 3. The topological polar surface area (TPSA) is 56.8 Å². The second-order valence-electron chi connectivity index (χ2n) is 8.47. The fourth-order valence-electron chi connectivity index (χ4n) is 4.85. The van der Waals surface area contributed by atoms with Crippen molar-refractivity contribution in [3.63, 3.8) is 0 Å². The molecule has 0 bridgehead atoms. The number of ether oxygens (including phenoxy) is 3. The van der Waals surface area contributed by atoms with Gasteiger partial charge in [-0.05, 0) is 74.4 Å². The number of rotatable bonds is 14. The van der Waals surface area contributed by atoms with Crippen LogP contribution in [0.25, 0.3) is 0 Å². The summed E-state index contributed by atoms with van der Waals surface area (Å²) in [6.07, 6.45) is 9.63. The summed E-state index contributed by atoms with van der Waals surface area (Å²) in [4.78, 5) is 11.4. The zero-order valence-electron chi connectivity index (χ0n) is 19.8. The van der Waals surface area contributed by atoms with E-state index in [1.54, 1.807) is 21.3 Å². The van der Waals surface area contributed by atoms with E-state index < -0.39 is 0 Å². The van der Waals surface area contributed by atoms with E-state index in [-0.39, 0.29) is 11.3 Å². The van der Waals surface area contributed by atoms with Gasteiger partial charge in [0, 0.05) is 11.8 Å². The van der Waals surface area contributed by atoms with Gasteiger partial charge in [-0.1, -0.05) is 32.1 Å². The molecule has 2 atom stereocenters. The van der Waals surface area contributed by atoms with E-state index in [0.717, 1.165) is 62.3 Å². The molecule has 0 aliphatic heterocycles. The Bertz CT molecular complexity index is 756. The lowest BCUT2D eigenvalue weighted by molar-refractivity contribution is -0.109. The average molecular weight is 430 g/mol. The van der Waals surface area contributed by atoms with E-state index in [1.807, 2.05) is 18.2 Å².